The van der Waals surface area contributed by atoms with E-state index in [1.54, 1.807) is 7.11 Å². The van der Waals surface area contributed by atoms with Crippen LogP contribution < -0.4 is 5.32 Å². The summed E-state index contributed by atoms with van der Waals surface area (Å²) >= 11 is 1.31. The summed E-state index contributed by atoms with van der Waals surface area (Å²) < 4.78 is 15.0. The molecule has 0 spiro atoms. The van der Waals surface area contributed by atoms with Gasteiger partial charge >= 0.3 is 0 Å². The Balaban J connectivity index is 2.04. The van der Waals surface area contributed by atoms with E-state index in [0.717, 1.165) is 23.7 Å². The Morgan fingerprint density at radius 1 is 1.71 bits per heavy atom. The molecule has 1 fully saturated rings. The van der Waals surface area contributed by atoms with Crippen LogP contribution in [0.2, 0.25) is 0 Å². The van der Waals surface area contributed by atoms with Crippen molar-refractivity contribution < 1.29 is 9.47 Å². The lowest BCUT2D eigenvalue weighted by Crippen LogP contribution is -2.39. The highest BCUT2D eigenvalue weighted by atomic mass is 32.1. The molecule has 1 N–H and O–H groups in total. The molecule has 1 aromatic heterocycles. The summed E-state index contributed by atoms with van der Waals surface area (Å²) in [5.74, 6) is 0. The number of nitriles is 1. The third-order valence-corrected chi connectivity index (χ3v) is 3.94. The van der Waals surface area contributed by atoms with Gasteiger partial charge in [-0.25, -0.2) is 0 Å². The van der Waals surface area contributed by atoms with Crippen LogP contribution >= 0.6 is 11.5 Å². The standard InChI is InChI=1S/C11H15N3O2S/c1-8-9(5-12)10(17-14-8)13-6-11(15-2)3-4-16-7-11/h13H,3-4,6-7H2,1-2H3. The monoisotopic (exact) mass is 253 g/mol. The first-order chi connectivity index (χ1) is 8.21. The highest BCUT2D eigenvalue weighted by Crippen LogP contribution is 2.27. The van der Waals surface area contributed by atoms with E-state index in [2.05, 4.69) is 15.8 Å². The minimum Gasteiger partial charge on any atom is -0.378 e. The number of ether oxygens (including phenoxy) is 2. The molecule has 1 aliphatic rings. The lowest BCUT2D eigenvalue weighted by atomic mass is 10.0. The van der Waals surface area contributed by atoms with Gasteiger partial charge in [0.05, 0.1) is 12.3 Å². The second-order valence-electron chi connectivity index (χ2n) is 4.13. The predicted octanol–water partition coefficient (Wildman–Crippen LogP) is 1.54. The third kappa shape index (κ3) is 2.41. The average Bonchev–Trinajstić information content (AvgIpc) is 2.94. The minimum absolute atomic E-state index is 0.273. The van der Waals surface area contributed by atoms with E-state index in [1.165, 1.54) is 11.5 Å². The largest absolute Gasteiger partial charge is 0.378 e. The van der Waals surface area contributed by atoms with Crippen molar-refractivity contribution in [3.8, 4) is 6.07 Å². The Labute approximate surface area is 105 Å². The second-order valence-corrected chi connectivity index (χ2v) is 4.90. The molecule has 6 heteroatoms. The van der Waals surface area contributed by atoms with Crippen molar-refractivity contribution in [3.63, 3.8) is 0 Å². The molecular weight excluding hydrogens is 238 g/mol. The van der Waals surface area contributed by atoms with Gasteiger partial charge in [0.25, 0.3) is 0 Å². The number of anilines is 1. The molecule has 2 heterocycles. The van der Waals surface area contributed by atoms with Crippen LogP contribution in [-0.4, -0.2) is 36.8 Å². The van der Waals surface area contributed by atoms with Gasteiger partial charge < -0.3 is 14.8 Å². The number of aromatic nitrogens is 1. The number of hydrogen-bond donors (Lipinski definition) is 1. The molecule has 0 amide bonds. The molecule has 1 aliphatic heterocycles. The van der Waals surface area contributed by atoms with Crippen LogP contribution in [0.4, 0.5) is 5.00 Å². The van der Waals surface area contributed by atoms with Gasteiger partial charge in [0.1, 0.15) is 22.2 Å². The van der Waals surface area contributed by atoms with Gasteiger partial charge in [0, 0.05) is 26.7 Å². The SMILES string of the molecule is COC1(CNc2snc(C)c2C#N)CCOC1. The van der Waals surface area contributed by atoms with E-state index in [4.69, 9.17) is 14.7 Å². The first-order valence-electron chi connectivity index (χ1n) is 5.44. The maximum absolute atomic E-state index is 9.02. The maximum Gasteiger partial charge on any atom is 0.127 e. The highest BCUT2D eigenvalue weighted by molar-refractivity contribution is 7.10. The molecule has 0 aliphatic carbocycles. The maximum atomic E-state index is 9.02. The molecule has 17 heavy (non-hydrogen) atoms. The second kappa shape index (κ2) is 5.00. The summed E-state index contributed by atoms with van der Waals surface area (Å²) in [6.45, 7) is 3.79. The molecule has 5 nitrogen and oxygen atoms in total. The molecule has 2 rings (SSSR count). The Bertz CT molecular complexity index is 432. The summed E-state index contributed by atoms with van der Waals surface area (Å²) in [4.78, 5) is 0. The van der Waals surface area contributed by atoms with E-state index < -0.39 is 0 Å². The summed E-state index contributed by atoms with van der Waals surface area (Å²) in [7, 11) is 1.69. The molecule has 1 aromatic rings. The van der Waals surface area contributed by atoms with Crippen molar-refractivity contribution >= 4 is 16.5 Å². The highest BCUT2D eigenvalue weighted by Gasteiger charge is 2.35. The van der Waals surface area contributed by atoms with E-state index in [9.17, 15) is 0 Å². The van der Waals surface area contributed by atoms with Gasteiger partial charge in [0.2, 0.25) is 0 Å². The average molecular weight is 253 g/mol. The van der Waals surface area contributed by atoms with Crippen molar-refractivity contribution in [1.82, 2.24) is 4.37 Å². The molecule has 0 aromatic carbocycles. The van der Waals surface area contributed by atoms with Crippen molar-refractivity contribution in [2.75, 3.05) is 32.2 Å². The molecule has 0 bridgehead atoms. The van der Waals surface area contributed by atoms with Crippen molar-refractivity contribution in [3.05, 3.63) is 11.3 Å². The summed E-state index contributed by atoms with van der Waals surface area (Å²) in [6, 6.07) is 2.16. The van der Waals surface area contributed by atoms with Crippen LogP contribution in [0.25, 0.3) is 0 Å². The Morgan fingerprint density at radius 3 is 3.12 bits per heavy atom. The number of aryl methyl sites for hydroxylation is 1. The van der Waals surface area contributed by atoms with E-state index in [1.807, 2.05) is 6.92 Å². The fourth-order valence-corrected chi connectivity index (χ4v) is 2.57. The van der Waals surface area contributed by atoms with Crippen molar-refractivity contribution in [1.29, 1.82) is 5.26 Å². The van der Waals surface area contributed by atoms with E-state index in [-0.39, 0.29) is 5.60 Å². The lowest BCUT2D eigenvalue weighted by molar-refractivity contribution is -0.00615. The van der Waals surface area contributed by atoms with E-state index >= 15 is 0 Å². The van der Waals surface area contributed by atoms with Gasteiger partial charge in [0.15, 0.2) is 0 Å². The topological polar surface area (TPSA) is 67.2 Å². The zero-order valence-electron chi connectivity index (χ0n) is 9.95. The number of rotatable bonds is 4. The Morgan fingerprint density at radius 2 is 2.53 bits per heavy atom. The zero-order chi connectivity index (χ0) is 12.3. The fraction of sp³-hybridized carbons (Fsp3) is 0.636. The van der Waals surface area contributed by atoms with Gasteiger partial charge in [-0.2, -0.15) is 9.64 Å². The number of nitrogens with one attached hydrogen (secondary N) is 1. The normalized spacial score (nSPS) is 23.6. The number of hydrogen-bond acceptors (Lipinski definition) is 6. The Hall–Kier alpha value is -1.16. The molecule has 0 radical (unpaired) electrons. The molecule has 1 saturated heterocycles. The van der Waals surface area contributed by atoms with Gasteiger partial charge in [-0.05, 0) is 18.5 Å². The molecule has 92 valence electrons. The minimum atomic E-state index is -0.273. The first kappa shape index (κ1) is 12.3. The molecular formula is C11H15N3O2S. The zero-order valence-corrected chi connectivity index (χ0v) is 10.8. The summed E-state index contributed by atoms with van der Waals surface area (Å²) in [5, 5.41) is 13.1. The van der Waals surface area contributed by atoms with Crippen LogP contribution in [0.1, 0.15) is 17.7 Å². The summed E-state index contributed by atoms with van der Waals surface area (Å²) in [5.41, 5.74) is 1.12. The van der Waals surface area contributed by atoms with Crippen LogP contribution in [0.15, 0.2) is 0 Å². The smallest absolute Gasteiger partial charge is 0.127 e. The first-order valence-corrected chi connectivity index (χ1v) is 6.21. The quantitative estimate of drug-likeness (QED) is 0.881. The van der Waals surface area contributed by atoms with Crippen LogP contribution in [-0.2, 0) is 9.47 Å². The third-order valence-electron chi connectivity index (χ3n) is 3.05. The Kier molecular flexibility index (Phi) is 3.62. The number of nitrogens with zero attached hydrogens (tertiary/aromatic N) is 2. The van der Waals surface area contributed by atoms with Crippen LogP contribution in [0, 0.1) is 18.3 Å². The van der Waals surface area contributed by atoms with Gasteiger partial charge in [-0.3, -0.25) is 0 Å². The fourth-order valence-electron chi connectivity index (χ4n) is 1.82. The summed E-state index contributed by atoms with van der Waals surface area (Å²) in [6.07, 6.45) is 0.871. The van der Waals surface area contributed by atoms with Crippen LogP contribution in [0.3, 0.4) is 0 Å². The van der Waals surface area contributed by atoms with Gasteiger partial charge in [-0.1, -0.05) is 0 Å². The van der Waals surface area contributed by atoms with E-state index in [0.29, 0.717) is 18.7 Å². The van der Waals surface area contributed by atoms with Crippen LogP contribution in [0.5, 0.6) is 0 Å². The molecule has 1 atom stereocenters. The van der Waals surface area contributed by atoms with Gasteiger partial charge in [-0.15, -0.1) is 0 Å². The van der Waals surface area contributed by atoms with Crippen molar-refractivity contribution in [2.45, 2.75) is 18.9 Å². The molecule has 0 saturated carbocycles. The van der Waals surface area contributed by atoms with Crippen molar-refractivity contribution in [2.24, 2.45) is 0 Å². The predicted molar refractivity (Wildman–Crippen MR) is 65.2 cm³/mol. The number of methoxy groups -OCH3 is 1. The lowest BCUT2D eigenvalue weighted by Gasteiger charge is -2.25. The molecule has 1 unspecified atom stereocenters.